The molecule has 2 N–H and O–H groups in total. The zero-order valence-electron chi connectivity index (χ0n) is 8.44. The molecule has 0 aliphatic carbocycles. The Balaban J connectivity index is 3.43. The molecule has 0 bridgehead atoms. The number of rotatable bonds is 5. The van der Waals surface area contributed by atoms with Crippen molar-refractivity contribution in [1.29, 1.82) is 0 Å². The second kappa shape index (κ2) is 5.56. The minimum absolute atomic E-state index is 0.592. The third-order valence-corrected chi connectivity index (χ3v) is 1.82. The van der Waals surface area contributed by atoms with Crippen LogP contribution >= 0.6 is 0 Å². The molecule has 2 nitrogen and oxygen atoms in total. The summed E-state index contributed by atoms with van der Waals surface area (Å²) in [7, 11) is 2.01. The van der Waals surface area contributed by atoms with Crippen LogP contribution in [0, 0.1) is 0 Å². The van der Waals surface area contributed by atoms with Gasteiger partial charge in [-0.25, -0.2) is 0 Å². The van der Waals surface area contributed by atoms with Crippen molar-refractivity contribution in [2.75, 3.05) is 7.05 Å². The van der Waals surface area contributed by atoms with E-state index >= 15 is 0 Å². The van der Waals surface area contributed by atoms with Crippen molar-refractivity contribution in [1.82, 2.24) is 10.6 Å². The lowest BCUT2D eigenvalue weighted by molar-refractivity contribution is 0.417. The summed E-state index contributed by atoms with van der Waals surface area (Å²) in [5, 5.41) is 6.70. The summed E-state index contributed by atoms with van der Waals surface area (Å²) in [4.78, 5) is 0. The van der Waals surface area contributed by atoms with Gasteiger partial charge in [0.05, 0.1) is 0 Å². The van der Waals surface area contributed by atoms with Gasteiger partial charge in [0.25, 0.3) is 0 Å². The summed E-state index contributed by atoms with van der Waals surface area (Å²) in [6.45, 7) is 8.80. The van der Waals surface area contributed by atoms with E-state index in [2.05, 4.69) is 38.3 Å². The minimum atomic E-state index is 0.592. The first-order valence-corrected chi connectivity index (χ1v) is 4.49. The highest BCUT2D eigenvalue weighted by atomic mass is 14.9. The summed E-state index contributed by atoms with van der Waals surface area (Å²) in [5.74, 6) is 0. The van der Waals surface area contributed by atoms with Crippen molar-refractivity contribution in [3.63, 3.8) is 0 Å². The molecule has 0 aliphatic heterocycles. The van der Waals surface area contributed by atoms with Crippen LogP contribution in [-0.2, 0) is 0 Å². The van der Waals surface area contributed by atoms with E-state index in [-0.39, 0.29) is 0 Å². The van der Waals surface area contributed by atoms with Gasteiger partial charge in [0, 0.05) is 18.1 Å². The maximum atomic E-state index is 3.47. The molecule has 2 unspecified atom stereocenters. The van der Waals surface area contributed by atoms with Gasteiger partial charge in [0.15, 0.2) is 0 Å². The molecule has 0 heterocycles. The summed E-state index contributed by atoms with van der Waals surface area (Å²) >= 11 is 0. The zero-order valence-corrected chi connectivity index (χ0v) is 8.44. The van der Waals surface area contributed by atoms with Crippen molar-refractivity contribution in [2.45, 2.75) is 52.2 Å². The fourth-order valence-electron chi connectivity index (χ4n) is 1.29. The molecule has 0 aliphatic rings. The number of nitrogens with one attached hydrogen (secondary N) is 2. The molecule has 0 saturated carbocycles. The molecule has 0 aromatic heterocycles. The highest BCUT2D eigenvalue weighted by Gasteiger charge is 2.06. The average Bonchev–Trinajstić information content (AvgIpc) is 1.85. The van der Waals surface area contributed by atoms with Crippen LogP contribution in [0.5, 0.6) is 0 Å². The molecule has 0 amide bonds. The molecule has 2 heteroatoms. The molecule has 2 atom stereocenters. The second-order valence-electron chi connectivity index (χ2n) is 3.65. The zero-order chi connectivity index (χ0) is 8.85. The second-order valence-corrected chi connectivity index (χ2v) is 3.65. The maximum Gasteiger partial charge on any atom is 0.00557 e. The number of hydrogen-bond donors (Lipinski definition) is 2. The van der Waals surface area contributed by atoms with Gasteiger partial charge in [-0.15, -0.1) is 0 Å². The van der Waals surface area contributed by atoms with Gasteiger partial charge >= 0.3 is 0 Å². The third-order valence-electron chi connectivity index (χ3n) is 1.82. The highest BCUT2D eigenvalue weighted by Crippen LogP contribution is 1.97. The predicted molar refractivity (Wildman–Crippen MR) is 50.9 cm³/mol. The molecule has 0 aromatic rings. The summed E-state index contributed by atoms with van der Waals surface area (Å²) in [6, 6.07) is 1.81. The molecule has 0 spiro atoms. The Bertz CT molecular complexity index is 91.6. The standard InChI is InChI=1S/C9H22N2/c1-7(2)11-9(4)6-8(3)10-5/h7-11H,6H2,1-5H3. The summed E-state index contributed by atoms with van der Waals surface area (Å²) < 4.78 is 0. The Kier molecular flexibility index (Phi) is 5.51. The van der Waals surface area contributed by atoms with Crippen molar-refractivity contribution >= 4 is 0 Å². The average molecular weight is 158 g/mol. The smallest absolute Gasteiger partial charge is 0.00557 e. The van der Waals surface area contributed by atoms with Crippen LogP contribution in [0.15, 0.2) is 0 Å². The molecule has 0 saturated heterocycles. The van der Waals surface area contributed by atoms with Crippen LogP contribution in [0.25, 0.3) is 0 Å². The van der Waals surface area contributed by atoms with E-state index in [9.17, 15) is 0 Å². The van der Waals surface area contributed by atoms with Gasteiger partial charge in [-0.05, 0) is 27.3 Å². The van der Waals surface area contributed by atoms with Gasteiger partial charge in [0.2, 0.25) is 0 Å². The minimum Gasteiger partial charge on any atom is -0.317 e. The Labute approximate surface area is 70.8 Å². The van der Waals surface area contributed by atoms with Crippen LogP contribution in [-0.4, -0.2) is 25.2 Å². The van der Waals surface area contributed by atoms with E-state index in [4.69, 9.17) is 0 Å². The van der Waals surface area contributed by atoms with Crippen LogP contribution in [0.4, 0.5) is 0 Å². The monoisotopic (exact) mass is 158 g/mol. The fourth-order valence-corrected chi connectivity index (χ4v) is 1.29. The van der Waals surface area contributed by atoms with Crippen molar-refractivity contribution in [3.8, 4) is 0 Å². The third kappa shape index (κ3) is 6.32. The molecular weight excluding hydrogens is 136 g/mol. The van der Waals surface area contributed by atoms with E-state index < -0.39 is 0 Å². The van der Waals surface area contributed by atoms with Crippen LogP contribution in [0.1, 0.15) is 34.1 Å². The quantitative estimate of drug-likeness (QED) is 0.631. The Morgan fingerprint density at radius 1 is 1.00 bits per heavy atom. The van der Waals surface area contributed by atoms with Gasteiger partial charge in [-0.2, -0.15) is 0 Å². The molecular formula is C9H22N2. The first-order chi connectivity index (χ1) is 5.06. The fraction of sp³-hybridized carbons (Fsp3) is 1.00. The lowest BCUT2D eigenvalue weighted by Crippen LogP contribution is -2.37. The van der Waals surface area contributed by atoms with Crippen molar-refractivity contribution in [2.24, 2.45) is 0 Å². The molecule has 0 radical (unpaired) electrons. The van der Waals surface area contributed by atoms with E-state index in [1.165, 1.54) is 6.42 Å². The van der Waals surface area contributed by atoms with Crippen LogP contribution in [0.2, 0.25) is 0 Å². The highest BCUT2D eigenvalue weighted by molar-refractivity contribution is 4.69. The molecule has 11 heavy (non-hydrogen) atoms. The van der Waals surface area contributed by atoms with Gasteiger partial charge in [-0.3, -0.25) is 0 Å². The van der Waals surface area contributed by atoms with Gasteiger partial charge in [0.1, 0.15) is 0 Å². The van der Waals surface area contributed by atoms with Gasteiger partial charge in [-0.1, -0.05) is 13.8 Å². The van der Waals surface area contributed by atoms with Crippen molar-refractivity contribution < 1.29 is 0 Å². The van der Waals surface area contributed by atoms with Crippen LogP contribution in [0.3, 0.4) is 0 Å². The lowest BCUT2D eigenvalue weighted by Gasteiger charge is -2.20. The molecule has 0 fully saturated rings. The molecule has 68 valence electrons. The van der Waals surface area contributed by atoms with E-state index in [0.29, 0.717) is 18.1 Å². The number of hydrogen-bond acceptors (Lipinski definition) is 2. The van der Waals surface area contributed by atoms with E-state index in [1.807, 2.05) is 7.05 Å². The molecule has 0 aromatic carbocycles. The van der Waals surface area contributed by atoms with Crippen molar-refractivity contribution in [3.05, 3.63) is 0 Å². The maximum absolute atomic E-state index is 3.47. The first-order valence-electron chi connectivity index (χ1n) is 4.49. The predicted octanol–water partition coefficient (Wildman–Crippen LogP) is 1.37. The largest absolute Gasteiger partial charge is 0.317 e. The first kappa shape index (κ1) is 10.9. The summed E-state index contributed by atoms with van der Waals surface area (Å²) in [5.41, 5.74) is 0. The molecule has 0 rings (SSSR count). The Morgan fingerprint density at radius 2 is 1.55 bits per heavy atom. The Hall–Kier alpha value is -0.0800. The van der Waals surface area contributed by atoms with Crippen LogP contribution < -0.4 is 10.6 Å². The summed E-state index contributed by atoms with van der Waals surface area (Å²) in [6.07, 6.45) is 1.19. The normalized spacial score (nSPS) is 16.9. The topological polar surface area (TPSA) is 24.1 Å². The SMILES string of the molecule is CNC(C)CC(C)NC(C)C. The van der Waals surface area contributed by atoms with Gasteiger partial charge < -0.3 is 10.6 Å². The lowest BCUT2D eigenvalue weighted by atomic mass is 10.1. The van der Waals surface area contributed by atoms with E-state index in [0.717, 1.165) is 0 Å². The van der Waals surface area contributed by atoms with E-state index in [1.54, 1.807) is 0 Å². The Morgan fingerprint density at radius 3 is 1.91 bits per heavy atom.